The van der Waals surface area contributed by atoms with Crippen LogP contribution in [0, 0.1) is 5.82 Å². The molecule has 142 valence electrons. The highest BCUT2D eigenvalue weighted by Gasteiger charge is 2.12. The average molecular weight is 423 g/mol. The third-order valence-electron chi connectivity index (χ3n) is 4.27. The molecule has 0 aliphatic heterocycles. The standard InChI is InChI=1S/C20H12ClFN6S/c21-14-5-1-13(2-6-14)17-11-29-20-24-19(27-28(17)20)23-18-10-9-16(25-26-18)12-3-7-15(22)8-4-12/h1-11H,(H,23,26,27). The zero-order valence-electron chi connectivity index (χ0n) is 14.8. The van der Waals surface area contributed by atoms with E-state index in [1.807, 2.05) is 29.6 Å². The van der Waals surface area contributed by atoms with Gasteiger partial charge in [0.25, 0.3) is 0 Å². The summed E-state index contributed by atoms with van der Waals surface area (Å²) >= 11 is 7.47. The van der Waals surface area contributed by atoms with Gasteiger partial charge in [0.05, 0.1) is 11.4 Å². The van der Waals surface area contributed by atoms with Crippen molar-refractivity contribution in [3.63, 3.8) is 0 Å². The van der Waals surface area contributed by atoms with Gasteiger partial charge in [-0.05, 0) is 48.5 Å². The molecule has 0 saturated carbocycles. The van der Waals surface area contributed by atoms with E-state index < -0.39 is 0 Å². The summed E-state index contributed by atoms with van der Waals surface area (Å²) < 4.78 is 14.8. The molecule has 0 bridgehead atoms. The van der Waals surface area contributed by atoms with E-state index in [0.717, 1.165) is 21.8 Å². The van der Waals surface area contributed by atoms with Crippen molar-refractivity contribution in [2.45, 2.75) is 0 Å². The Bertz CT molecular complexity index is 1280. The first-order valence-corrected chi connectivity index (χ1v) is 9.88. The van der Waals surface area contributed by atoms with Crippen molar-refractivity contribution in [3.8, 4) is 22.5 Å². The van der Waals surface area contributed by atoms with Crippen molar-refractivity contribution in [2.75, 3.05) is 5.32 Å². The molecule has 0 unspecified atom stereocenters. The second-order valence-corrected chi connectivity index (χ2v) is 7.47. The molecular weight excluding hydrogens is 411 g/mol. The Morgan fingerprint density at radius 3 is 2.38 bits per heavy atom. The molecule has 0 amide bonds. The number of anilines is 2. The van der Waals surface area contributed by atoms with Gasteiger partial charge in [0.1, 0.15) is 5.82 Å². The van der Waals surface area contributed by atoms with E-state index in [-0.39, 0.29) is 5.82 Å². The minimum Gasteiger partial charge on any atom is -0.306 e. The number of nitrogens with zero attached hydrogens (tertiary/aromatic N) is 5. The van der Waals surface area contributed by atoms with E-state index in [4.69, 9.17) is 11.6 Å². The molecule has 29 heavy (non-hydrogen) atoms. The Morgan fingerprint density at radius 1 is 0.897 bits per heavy atom. The quantitative estimate of drug-likeness (QED) is 0.417. The van der Waals surface area contributed by atoms with Crippen LogP contribution in [-0.4, -0.2) is 24.8 Å². The lowest BCUT2D eigenvalue weighted by Crippen LogP contribution is -1.98. The number of halogens is 2. The van der Waals surface area contributed by atoms with E-state index in [9.17, 15) is 4.39 Å². The molecule has 2 aromatic carbocycles. The van der Waals surface area contributed by atoms with Crippen LogP contribution >= 0.6 is 22.9 Å². The molecule has 0 aliphatic carbocycles. The summed E-state index contributed by atoms with van der Waals surface area (Å²) in [5.74, 6) is 0.654. The molecule has 0 spiro atoms. The Morgan fingerprint density at radius 2 is 1.66 bits per heavy atom. The predicted octanol–water partition coefficient (Wildman–Crippen LogP) is 5.45. The molecule has 0 radical (unpaired) electrons. The van der Waals surface area contributed by atoms with E-state index >= 15 is 0 Å². The summed E-state index contributed by atoms with van der Waals surface area (Å²) in [5.41, 5.74) is 3.37. The van der Waals surface area contributed by atoms with Gasteiger partial charge in [-0.2, -0.15) is 4.98 Å². The van der Waals surface area contributed by atoms with Crippen LogP contribution in [0.3, 0.4) is 0 Å². The smallest absolute Gasteiger partial charge is 0.249 e. The van der Waals surface area contributed by atoms with Crippen LogP contribution in [0.1, 0.15) is 0 Å². The van der Waals surface area contributed by atoms with Gasteiger partial charge in [-0.1, -0.05) is 23.7 Å². The van der Waals surface area contributed by atoms with Crippen molar-refractivity contribution < 1.29 is 4.39 Å². The molecule has 0 fully saturated rings. The van der Waals surface area contributed by atoms with Crippen LogP contribution in [0.5, 0.6) is 0 Å². The average Bonchev–Trinajstić information content (AvgIpc) is 3.30. The number of hydrogen-bond acceptors (Lipinski definition) is 6. The Hall–Kier alpha value is -3.36. The second-order valence-electron chi connectivity index (χ2n) is 6.19. The normalized spacial score (nSPS) is 11.1. The van der Waals surface area contributed by atoms with Crippen LogP contribution in [0.4, 0.5) is 16.2 Å². The highest BCUT2D eigenvalue weighted by Crippen LogP contribution is 2.27. The van der Waals surface area contributed by atoms with Crippen LogP contribution < -0.4 is 5.32 Å². The maximum absolute atomic E-state index is 13.1. The highest BCUT2D eigenvalue weighted by molar-refractivity contribution is 7.15. The first-order chi connectivity index (χ1) is 14.2. The molecule has 9 heteroatoms. The Balaban J connectivity index is 1.39. The molecule has 1 N–H and O–H groups in total. The van der Waals surface area contributed by atoms with Crippen LogP contribution in [-0.2, 0) is 0 Å². The minimum atomic E-state index is -0.288. The van der Waals surface area contributed by atoms with Crippen LogP contribution in [0.15, 0.2) is 66.0 Å². The fourth-order valence-corrected chi connectivity index (χ4v) is 3.80. The van der Waals surface area contributed by atoms with Gasteiger partial charge in [-0.15, -0.1) is 26.6 Å². The number of thiazole rings is 1. The Kier molecular flexibility index (Phi) is 4.42. The minimum absolute atomic E-state index is 0.288. The fourth-order valence-electron chi connectivity index (χ4n) is 2.84. The number of aromatic nitrogens is 5. The van der Waals surface area contributed by atoms with Crippen LogP contribution in [0.25, 0.3) is 27.5 Å². The summed E-state index contributed by atoms with van der Waals surface area (Å²) in [6.45, 7) is 0. The van der Waals surface area contributed by atoms with Crippen molar-refractivity contribution in [3.05, 3.63) is 76.9 Å². The number of fused-ring (bicyclic) bond motifs is 1. The zero-order valence-corrected chi connectivity index (χ0v) is 16.3. The van der Waals surface area contributed by atoms with Gasteiger partial charge in [-0.3, -0.25) is 0 Å². The number of rotatable bonds is 4. The molecule has 6 nitrogen and oxygen atoms in total. The number of benzene rings is 2. The van der Waals surface area contributed by atoms with Crippen molar-refractivity contribution in [2.24, 2.45) is 0 Å². The predicted molar refractivity (Wildman–Crippen MR) is 112 cm³/mol. The number of nitrogens with one attached hydrogen (secondary N) is 1. The molecule has 3 heterocycles. The SMILES string of the molecule is Fc1ccc(-c2ccc(Nc3nc4scc(-c5ccc(Cl)cc5)n4n3)nn2)cc1. The van der Waals surface area contributed by atoms with E-state index in [0.29, 0.717) is 22.5 Å². The highest BCUT2D eigenvalue weighted by atomic mass is 35.5. The maximum Gasteiger partial charge on any atom is 0.249 e. The first kappa shape index (κ1) is 17.7. The van der Waals surface area contributed by atoms with Gasteiger partial charge in [0.2, 0.25) is 10.9 Å². The lowest BCUT2D eigenvalue weighted by atomic mass is 10.1. The van der Waals surface area contributed by atoms with Gasteiger partial charge >= 0.3 is 0 Å². The van der Waals surface area contributed by atoms with Gasteiger partial charge < -0.3 is 5.32 Å². The van der Waals surface area contributed by atoms with E-state index in [1.54, 1.807) is 28.8 Å². The molecular formula is C20H12ClFN6S. The van der Waals surface area contributed by atoms with Crippen molar-refractivity contribution in [1.82, 2.24) is 24.8 Å². The largest absolute Gasteiger partial charge is 0.306 e. The lowest BCUT2D eigenvalue weighted by molar-refractivity contribution is 0.628. The molecule has 0 saturated heterocycles. The third kappa shape index (κ3) is 3.55. The van der Waals surface area contributed by atoms with Crippen LogP contribution in [0.2, 0.25) is 5.02 Å². The van der Waals surface area contributed by atoms with Crippen molar-refractivity contribution >= 4 is 39.7 Å². The maximum atomic E-state index is 13.1. The third-order valence-corrected chi connectivity index (χ3v) is 5.33. The molecule has 5 aromatic rings. The topological polar surface area (TPSA) is 68.0 Å². The molecule has 0 atom stereocenters. The van der Waals surface area contributed by atoms with E-state index in [2.05, 4.69) is 25.6 Å². The fraction of sp³-hybridized carbons (Fsp3) is 0. The summed E-state index contributed by atoms with van der Waals surface area (Å²) in [4.78, 5) is 5.24. The van der Waals surface area contributed by atoms with Crippen molar-refractivity contribution in [1.29, 1.82) is 0 Å². The lowest BCUT2D eigenvalue weighted by Gasteiger charge is -2.03. The second kappa shape index (κ2) is 7.23. The number of hydrogen-bond donors (Lipinski definition) is 1. The van der Waals surface area contributed by atoms with E-state index in [1.165, 1.54) is 23.5 Å². The monoisotopic (exact) mass is 422 g/mol. The van der Waals surface area contributed by atoms with Gasteiger partial charge in [0.15, 0.2) is 5.82 Å². The summed E-state index contributed by atoms with van der Waals surface area (Å²) in [5, 5.41) is 18.6. The zero-order chi connectivity index (χ0) is 19.8. The first-order valence-electron chi connectivity index (χ1n) is 8.63. The molecule has 3 aromatic heterocycles. The van der Waals surface area contributed by atoms with Gasteiger partial charge in [0, 0.05) is 21.5 Å². The molecule has 0 aliphatic rings. The Labute approximate surface area is 173 Å². The molecule has 5 rings (SSSR count). The summed E-state index contributed by atoms with van der Waals surface area (Å²) in [7, 11) is 0. The summed E-state index contributed by atoms with van der Waals surface area (Å²) in [6.07, 6.45) is 0. The summed E-state index contributed by atoms with van der Waals surface area (Å²) in [6, 6.07) is 17.3. The van der Waals surface area contributed by atoms with Gasteiger partial charge in [-0.25, -0.2) is 8.91 Å².